The lowest BCUT2D eigenvalue weighted by Crippen LogP contribution is -2.45. The predicted molar refractivity (Wildman–Crippen MR) is 71.6 cm³/mol. The smallest absolute Gasteiger partial charge is 0.224 e. The van der Waals surface area contributed by atoms with Crippen LogP contribution in [0.25, 0.3) is 0 Å². The summed E-state index contributed by atoms with van der Waals surface area (Å²) in [5, 5.41) is 11.8. The van der Waals surface area contributed by atoms with E-state index in [1.165, 1.54) is 0 Å². The van der Waals surface area contributed by atoms with Gasteiger partial charge in [-0.1, -0.05) is 26.7 Å². The van der Waals surface area contributed by atoms with E-state index in [0.29, 0.717) is 25.2 Å². The van der Waals surface area contributed by atoms with Gasteiger partial charge in [0.2, 0.25) is 11.8 Å². The zero-order valence-corrected chi connectivity index (χ0v) is 11.7. The molecule has 1 aliphatic carbocycles. The highest BCUT2D eigenvalue weighted by atomic mass is 16.2. The van der Waals surface area contributed by atoms with Gasteiger partial charge in [0.15, 0.2) is 0 Å². The average molecular weight is 265 g/mol. The van der Waals surface area contributed by atoms with E-state index in [9.17, 15) is 9.59 Å². The van der Waals surface area contributed by atoms with E-state index in [4.69, 9.17) is 11.0 Å². The number of nitrogens with two attached hydrogens (primary N) is 1. The number of hydrogen-bond donors (Lipinski definition) is 2. The molecule has 1 fully saturated rings. The fourth-order valence-corrected chi connectivity index (χ4v) is 2.68. The number of primary amides is 1. The molecule has 1 rings (SSSR count). The monoisotopic (exact) mass is 265 g/mol. The first-order valence-corrected chi connectivity index (χ1v) is 6.95. The van der Waals surface area contributed by atoms with Crippen molar-refractivity contribution < 1.29 is 9.59 Å². The van der Waals surface area contributed by atoms with Crippen LogP contribution in [0.2, 0.25) is 0 Å². The number of hydrogen-bond acceptors (Lipinski definition) is 3. The van der Waals surface area contributed by atoms with Gasteiger partial charge in [0, 0.05) is 11.8 Å². The largest absolute Gasteiger partial charge is 0.369 e. The normalized spacial score (nSPS) is 24.5. The van der Waals surface area contributed by atoms with Gasteiger partial charge in [-0.25, -0.2) is 0 Å². The molecule has 1 saturated carbocycles. The Kier molecular flexibility index (Phi) is 5.81. The van der Waals surface area contributed by atoms with Gasteiger partial charge >= 0.3 is 0 Å². The van der Waals surface area contributed by atoms with Crippen LogP contribution in [0.4, 0.5) is 0 Å². The van der Waals surface area contributed by atoms with Crippen LogP contribution in [-0.4, -0.2) is 17.9 Å². The molecule has 0 radical (unpaired) electrons. The van der Waals surface area contributed by atoms with Gasteiger partial charge in [-0.3, -0.25) is 9.59 Å². The van der Waals surface area contributed by atoms with Gasteiger partial charge in [0.1, 0.15) is 6.04 Å². The van der Waals surface area contributed by atoms with Crippen LogP contribution >= 0.6 is 0 Å². The molecule has 3 N–H and O–H groups in total. The van der Waals surface area contributed by atoms with Crippen LogP contribution in [0.15, 0.2) is 0 Å². The van der Waals surface area contributed by atoms with Crippen molar-refractivity contribution in [2.45, 2.75) is 52.0 Å². The maximum absolute atomic E-state index is 12.2. The summed E-state index contributed by atoms with van der Waals surface area (Å²) in [6.07, 6.45) is 3.85. The molecule has 0 spiro atoms. The molecule has 0 heterocycles. The molecule has 2 amide bonds. The average Bonchev–Trinajstić information content (AvgIpc) is 2.37. The Balaban J connectivity index is 2.64. The number of carbonyl (C=O) groups is 2. The van der Waals surface area contributed by atoms with Crippen molar-refractivity contribution in [1.29, 1.82) is 5.26 Å². The van der Waals surface area contributed by atoms with Gasteiger partial charge in [0.05, 0.1) is 6.07 Å². The molecule has 3 atom stereocenters. The third-order valence-electron chi connectivity index (χ3n) is 3.65. The van der Waals surface area contributed by atoms with Gasteiger partial charge in [-0.05, 0) is 25.2 Å². The van der Waals surface area contributed by atoms with Crippen LogP contribution in [0.5, 0.6) is 0 Å². The van der Waals surface area contributed by atoms with E-state index in [0.717, 1.165) is 12.8 Å². The Labute approximate surface area is 114 Å². The predicted octanol–water partition coefficient (Wildman–Crippen LogP) is 1.33. The molecule has 0 aromatic heterocycles. The Morgan fingerprint density at radius 1 is 1.32 bits per heavy atom. The minimum Gasteiger partial charge on any atom is -0.369 e. The number of nitriles is 1. The number of rotatable bonds is 5. The lowest BCUT2D eigenvalue weighted by molar-refractivity contribution is -0.135. The highest BCUT2D eigenvalue weighted by Crippen LogP contribution is 2.30. The number of nitrogens with one attached hydrogen (secondary N) is 1. The third kappa shape index (κ3) is 4.55. The highest BCUT2D eigenvalue weighted by molar-refractivity contribution is 5.87. The molecule has 0 aromatic carbocycles. The highest BCUT2D eigenvalue weighted by Gasteiger charge is 2.35. The number of nitrogens with zero attached hydrogens (tertiary/aromatic N) is 1. The van der Waals surface area contributed by atoms with E-state index >= 15 is 0 Å². The second-order valence-corrected chi connectivity index (χ2v) is 5.72. The quantitative estimate of drug-likeness (QED) is 0.785. The molecular weight excluding hydrogens is 242 g/mol. The second-order valence-electron chi connectivity index (χ2n) is 5.72. The first-order valence-electron chi connectivity index (χ1n) is 6.95. The van der Waals surface area contributed by atoms with Gasteiger partial charge < -0.3 is 11.1 Å². The first-order chi connectivity index (χ1) is 8.95. The molecule has 19 heavy (non-hydrogen) atoms. The molecule has 0 bridgehead atoms. The van der Waals surface area contributed by atoms with Gasteiger partial charge in [0.25, 0.3) is 0 Å². The number of amides is 2. The summed E-state index contributed by atoms with van der Waals surface area (Å²) in [7, 11) is 0. The summed E-state index contributed by atoms with van der Waals surface area (Å²) in [5.74, 6) is -1.02. The van der Waals surface area contributed by atoms with E-state index in [1.807, 2.05) is 13.8 Å². The summed E-state index contributed by atoms with van der Waals surface area (Å²) >= 11 is 0. The van der Waals surface area contributed by atoms with Gasteiger partial charge in [-0.15, -0.1) is 0 Å². The lowest BCUT2D eigenvalue weighted by Gasteiger charge is -2.29. The molecule has 5 heteroatoms. The fourth-order valence-electron chi connectivity index (χ4n) is 2.68. The Bertz CT molecular complexity index is 373. The maximum atomic E-state index is 12.2. The van der Waals surface area contributed by atoms with Crippen molar-refractivity contribution in [1.82, 2.24) is 5.32 Å². The summed E-state index contributed by atoms with van der Waals surface area (Å²) in [6, 6.07) is 1.62. The zero-order valence-electron chi connectivity index (χ0n) is 11.7. The van der Waals surface area contributed by atoms with Crippen molar-refractivity contribution in [2.24, 2.45) is 23.5 Å². The van der Waals surface area contributed by atoms with Crippen LogP contribution < -0.4 is 11.1 Å². The number of carbonyl (C=O) groups excluding carboxylic acids is 2. The Morgan fingerprint density at radius 2 is 1.89 bits per heavy atom. The molecule has 0 aromatic rings. The Morgan fingerprint density at radius 3 is 2.37 bits per heavy atom. The summed E-state index contributed by atoms with van der Waals surface area (Å²) in [6.45, 7) is 4.01. The topological polar surface area (TPSA) is 96.0 Å². The molecule has 1 aliphatic rings. The molecule has 106 valence electrons. The summed E-state index contributed by atoms with van der Waals surface area (Å²) < 4.78 is 0. The van der Waals surface area contributed by atoms with E-state index in [2.05, 4.69) is 11.4 Å². The zero-order chi connectivity index (χ0) is 14.4. The van der Waals surface area contributed by atoms with Crippen LogP contribution in [-0.2, 0) is 9.59 Å². The molecule has 3 unspecified atom stereocenters. The molecular formula is C14H23N3O2. The minimum atomic E-state index is -0.483. The third-order valence-corrected chi connectivity index (χ3v) is 3.65. The van der Waals surface area contributed by atoms with Crippen molar-refractivity contribution in [2.75, 3.05) is 0 Å². The van der Waals surface area contributed by atoms with Crippen molar-refractivity contribution >= 4 is 11.8 Å². The lowest BCUT2D eigenvalue weighted by atomic mass is 9.78. The van der Waals surface area contributed by atoms with Crippen LogP contribution in [0.1, 0.15) is 46.0 Å². The summed E-state index contributed by atoms with van der Waals surface area (Å²) in [5.41, 5.74) is 5.36. The molecule has 0 aliphatic heterocycles. The standard InChI is InChI=1S/C14H23N3O2/c1-9(2)7-10(8-15)17-14(19)12-6-4-3-5-11(12)13(16)18/h9-12H,3-7H2,1-2H3,(H2,16,18)(H,17,19). The fraction of sp³-hybridized carbons (Fsp3) is 0.786. The maximum Gasteiger partial charge on any atom is 0.224 e. The molecule has 0 saturated heterocycles. The first kappa shape index (κ1) is 15.5. The van der Waals surface area contributed by atoms with Crippen LogP contribution in [0.3, 0.4) is 0 Å². The van der Waals surface area contributed by atoms with Crippen molar-refractivity contribution in [3.63, 3.8) is 0 Å². The van der Waals surface area contributed by atoms with Gasteiger partial charge in [-0.2, -0.15) is 5.26 Å². The Hall–Kier alpha value is -1.57. The van der Waals surface area contributed by atoms with E-state index < -0.39 is 11.9 Å². The minimum absolute atomic E-state index is 0.198. The second kappa shape index (κ2) is 7.13. The molecule has 5 nitrogen and oxygen atoms in total. The van der Waals surface area contributed by atoms with Crippen molar-refractivity contribution in [3.05, 3.63) is 0 Å². The van der Waals surface area contributed by atoms with Crippen LogP contribution in [0, 0.1) is 29.1 Å². The summed E-state index contributed by atoms with van der Waals surface area (Å²) in [4.78, 5) is 23.6. The van der Waals surface area contributed by atoms with Crippen molar-refractivity contribution in [3.8, 4) is 6.07 Å². The van der Waals surface area contributed by atoms with E-state index in [-0.39, 0.29) is 17.7 Å². The van der Waals surface area contributed by atoms with E-state index in [1.54, 1.807) is 0 Å². The SMILES string of the molecule is CC(C)CC(C#N)NC(=O)C1CCCCC1C(N)=O.